The molecule has 0 spiro atoms. The summed E-state index contributed by atoms with van der Waals surface area (Å²) in [6.07, 6.45) is -5.87. The molecule has 1 amide bonds. The lowest BCUT2D eigenvalue weighted by Crippen LogP contribution is -2.61. The first kappa shape index (κ1) is 18.1. The van der Waals surface area contributed by atoms with Crippen molar-refractivity contribution in [2.24, 2.45) is 0 Å². The molecule has 1 N–H and O–H groups in total. The monoisotopic (exact) mass is 362 g/mol. The van der Waals surface area contributed by atoms with E-state index in [2.05, 4.69) is 5.32 Å². The highest BCUT2D eigenvalue weighted by Gasteiger charge is 2.55. The summed E-state index contributed by atoms with van der Waals surface area (Å²) in [5.74, 6) is -4.99. The minimum atomic E-state index is -5.06. The molecule has 0 unspecified atom stereocenters. The quantitative estimate of drug-likeness (QED) is 0.833. The molecule has 1 heterocycles. The number of benzene rings is 1. The Bertz CT molecular complexity index is 611. The zero-order valence-electron chi connectivity index (χ0n) is 13.4. The van der Waals surface area contributed by atoms with E-state index in [9.17, 15) is 26.7 Å². The first-order valence-electron chi connectivity index (χ1n) is 8.23. The standard InChI is InChI=1S/C17H19F5N2O/c18-16(19)9-13(10-16)24(15(25)17(20,21)22)12-6-7-23-14(8-12)11-4-2-1-3-5-11/h1-5,12-14,23H,6-10H2/t12-,14+/m1/s1. The Morgan fingerprint density at radius 3 is 2.32 bits per heavy atom. The summed E-state index contributed by atoms with van der Waals surface area (Å²) < 4.78 is 65.4. The number of piperidine rings is 1. The molecule has 3 rings (SSSR count). The van der Waals surface area contributed by atoms with Crippen molar-refractivity contribution in [2.75, 3.05) is 6.54 Å². The zero-order valence-corrected chi connectivity index (χ0v) is 13.4. The summed E-state index contributed by atoms with van der Waals surface area (Å²) in [5.41, 5.74) is 0.908. The average Bonchev–Trinajstić information content (AvgIpc) is 2.53. The largest absolute Gasteiger partial charge is 0.471 e. The van der Waals surface area contributed by atoms with Crippen LogP contribution in [0.5, 0.6) is 0 Å². The smallest absolute Gasteiger partial charge is 0.328 e. The van der Waals surface area contributed by atoms with Crippen molar-refractivity contribution in [1.82, 2.24) is 10.2 Å². The Morgan fingerprint density at radius 2 is 1.76 bits per heavy atom. The van der Waals surface area contributed by atoms with Crippen LogP contribution in [0.3, 0.4) is 0 Å². The molecule has 138 valence electrons. The summed E-state index contributed by atoms with van der Waals surface area (Å²) in [4.78, 5) is 12.6. The average molecular weight is 362 g/mol. The van der Waals surface area contributed by atoms with Gasteiger partial charge in [0.25, 0.3) is 5.92 Å². The lowest BCUT2D eigenvalue weighted by atomic mass is 9.83. The predicted octanol–water partition coefficient (Wildman–Crippen LogP) is 3.67. The topological polar surface area (TPSA) is 32.3 Å². The second-order valence-corrected chi connectivity index (χ2v) is 6.72. The van der Waals surface area contributed by atoms with Crippen LogP contribution in [0.2, 0.25) is 0 Å². The van der Waals surface area contributed by atoms with E-state index in [0.29, 0.717) is 17.9 Å². The second-order valence-electron chi connectivity index (χ2n) is 6.72. The molecule has 0 bridgehead atoms. The number of hydrogen-bond acceptors (Lipinski definition) is 2. The van der Waals surface area contributed by atoms with Gasteiger partial charge in [0.1, 0.15) is 0 Å². The Labute approximate surface area is 142 Å². The predicted molar refractivity (Wildman–Crippen MR) is 81.1 cm³/mol. The Morgan fingerprint density at radius 1 is 1.12 bits per heavy atom. The van der Waals surface area contributed by atoms with Crippen LogP contribution in [-0.2, 0) is 4.79 Å². The number of halogens is 5. The molecule has 8 heteroatoms. The molecule has 1 aromatic rings. The second kappa shape index (κ2) is 6.55. The van der Waals surface area contributed by atoms with E-state index >= 15 is 0 Å². The molecular weight excluding hydrogens is 343 g/mol. The molecular formula is C17H19F5N2O. The van der Waals surface area contributed by atoms with Gasteiger partial charge in [-0.05, 0) is 24.9 Å². The fourth-order valence-corrected chi connectivity index (χ4v) is 3.69. The van der Waals surface area contributed by atoms with Crippen LogP contribution < -0.4 is 5.32 Å². The highest BCUT2D eigenvalue weighted by atomic mass is 19.4. The first-order chi connectivity index (χ1) is 11.7. The number of carbonyl (C=O) groups excluding carboxylic acids is 1. The summed E-state index contributed by atoms with van der Waals surface area (Å²) in [5, 5.41) is 3.22. The van der Waals surface area contributed by atoms with Crippen LogP contribution in [-0.4, -0.2) is 41.5 Å². The van der Waals surface area contributed by atoms with E-state index in [1.54, 1.807) is 0 Å². The zero-order chi connectivity index (χ0) is 18.2. The molecule has 1 saturated heterocycles. The lowest BCUT2D eigenvalue weighted by Gasteiger charge is -2.48. The minimum absolute atomic E-state index is 0.205. The third-order valence-corrected chi connectivity index (χ3v) is 4.91. The number of nitrogens with one attached hydrogen (secondary N) is 1. The Balaban J connectivity index is 1.79. The molecule has 0 aromatic heterocycles. The maximum Gasteiger partial charge on any atom is 0.471 e. The molecule has 0 radical (unpaired) electrons. The van der Waals surface area contributed by atoms with Gasteiger partial charge in [0.2, 0.25) is 0 Å². The molecule has 25 heavy (non-hydrogen) atoms. The number of amides is 1. The van der Waals surface area contributed by atoms with Crippen molar-refractivity contribution in [1.29, 1.82) is 0 Å². The van der Waals surface area contributed by atoms with Crippen LogP contribution in [0, 0.1) is 0 Å². The van der Waals surface area contributed by atoms with E-state index in [-0.39, 0.29) is 12.5 Å². The van der Waals surface area contributed by atoms with Crippen molar-refractivity contribution in [3.8, 4) is 0 Å². The van der Waals surface area contributed by atoms with E-state index < -0.39 is 42.9 Å². The molecule has 1 aliphatic heterocycles. The lowest BCUT2D eigenvalue weighted by molar-refractivity contribution is -0.203. The van der Waals surface area contributed by atoms with E-state index in [0.717, 1.165) is 5.56 Å². The number of rotatable bonds is 3. The molecule has 1 aromatic carbocycles. The van der Waals surface area contributed by atoms with E-state index in [1.165, 1.54) is 0 Å². The molecule has 1 saturated carbocycles. The first-order valence-corrected chi connectivity index (χ1v) is 8.23. The van der Waals surface area contributed by atoms with Gasteiger partial charge in [0.15, 0.2) is 0 Å². The van der Waals surface area contributed by atoms with Crippen LogP contribution >= 0.6 is 0 Å². The van der Waals surface area contributed by atoms with Crippen molar-refractivity contribution in [3.63, 3.8) is 0 Å². The third-order valence-electron chi connectivity index (χ3n) is 4.91. The Kier molecular flexibility index (Phi) is 4.74. The highest BCUT2D eigenvalue weighted by Crippen LogP contribution is 2.43. The number of hydrogen-bond donors (Lipinski definition) is 1. The van der Waals surface area contributed by atoms with E-state index in [4.69, 9.17) is 0 Å². The van der Waals surface area contributed by atoms with Gasteiger partial charge in [-0.25, -0.2) is 8.78 Å². The molecule has 3 nitrogen and oxygen atoms in total. The van der Waals surface area contributed by atoms with Crippen LogP contribution in [0.4, 0.5) is 22.0 Å². The van der Waals surface area contributed by atoms with Gasteiger partial charge < -0.3 is 10.2 Å². The van der Waals surface area contributed by atoms with Gasteiger partial charge in [-0.3, -0.25) is 4.79 Å². The molecule has 2 atom stereocenters. The summed E-state index contributed by atoms with van der Waals surface area (Å²) >= 11 is 0. The number of carbonyl (C=O) groups is 1. The van der Waals surface area contributed by atoms with Crippen LogP contribution in [0.1, 0.15) is 37.3 Å². The van der Waals surface area contributed by atoms with Gasteiger partial charge >= 0.3 is 12.1 Å². The van der Waals surface area contributed by atoms with Crippen molar-refractivity contribution in [2.45, 2.75) is 55.9 Å². The normalized spacial score (nSPS) is 26.8. The highest BCUT2D eigenvalue weighted by molar-refractivity contribution is 5.82. The fourth-order valence-electron chi connectivity index (χ4n) is 3.69. The Hall–Kier alpha value is -1.70. The van der Waals surface area contributed by atoms with Crippen molar-refractivity contribution >= 4 is 5.91 Å². The fraction of sp³-hybridized carbons (Fsp3) is 0.588. The van der Waals surface area contributed by atoms with Gasteiger partial charge in [-0.1, -0.05) is 30.3 Å². The van der Waals surface area contributed by atoms with Crippen LogP contribution in [0.25, 0.3) is 0 Å². The van der Waals surface area contributed by atoms with Gasteiger partial charge in [-0.15, -0.1) is 0 Å². The maximum atomic E-state index is 13.2. The summed E-state index contributed by atoms with van der Waals surface area (Å²) in [6, 6.07) is 7.23. The molecule has 2 aliphatic rings. The maximum absolute atomic E-state index is 13.2. The van der Waals surface area contributed by atoms with Crippen molar-refractivity contribution in [3.05, 3.63) is 35.9 Å². The summed E-state index contributed by atoms with van der Waals surface area (Å²) in [6.45, 7) is 0.426. The van der Waals surface area contributed by atoms with Gasteiger partial charge in [0, 0.05) is 31.0 Å². The summed E-state index contributed by atoms with van der Waals surface area (Å²) in [7, 11) is 0. The van der Waals surface area contributed by atoms with Crippen molar-refractivity contribution < 1.29 is 26.7 Å². The SMILES string of the molecule is O=C(N(C1CC(F)(F)C1)[C@@H]1CCN[C@H](c2ccccc2)C1)C(F)(F)F. The molecule has 1 aliphatic carbocycles. The third kappa shape index (κ3) is 3.94. The number of nitrogens with zero attached hydrogens (tertiary/aromatic N) is 1. The van der Waals surface area contributed by atoms with Gasteiger partial charge in [-0.2, -0.15) is 13.2 Å². The van der Waals surface area contributed by atoms with Gasteiger partial charge in [0.05, 0.1) is 0 Å². The minimum Gasteiger partial charge on any atom is -0.328 e. The molecule has 2 fully saturated rings. The number of alkyl halides is 5. The van der Waals surface area contributed by atoms with E-state index in [1.807, 2.05) is 30.3 Å². The van der Waals surface area contributed by atoms with Crippen LogP contribution in [0.15, 0.2) is 30.3 Å².